The maximum atomic E-state index is 11.6. The van der Waals surface area contributed by atoms with Crippen molar-refractivity contribution in [3.8, 4) is 12.1 Å². The molecule has 1 saturated carbocycles. The predicted octanol–water partition coefficient (Wildman–Crippen LogP) is 1.79. The Balaban J connectivity index is 1.97. The van der Waals surface area contributed by atoms with E-state index in [2.05, 4.69) is 21.2 Å². The number of nitrogens with one attached hydrogen (secondary N) is 3. The summed E-state index contributed by atoms with van der Waals surface area (Å²) in [6, 6.07) is 10.1. The standard InChI is InChI=1S/C13H12N6O/c14-7-12(8-15)19-18-11-3-1-2-10(6-11)17-13(20)16-9-4-5-9/h1-3,6,9,18H,4-5H2,(H2,16,17,20). The fourth-order valence-electron chi connectivity index (χ4n) is 1.44. The zero-order chi connectivity index (χ0) is 14.4. The number of amides is 2. The Bertz CT molecular complexity index is 604. The molecule has 1 aromatic carbocycles. The molecule has 0 spiro atoms. The summed E-state index contributed by atoms with van der Waals surface area (Å²) >= 11 is 0. The summed E-state index contributed by atoms with van der Waals surface area (Å²) in [6.45, 7) is 0. The molecule has 3 N–H and O–H groups in total. The summed E-state index contributed by atoms with van der Waals surface area (Å²) in [4.78, 5) is 11.6. The maximum absolute atomic E-state index is 11.6. The van der Waals surface area contributed by atoms with E-state index in [0.717, 1.165) is 12.8 Å². The van der Waals surface area contributed by atoms with Crippen LogP contribution in [0, 0.1) is 22.7 Å². The lowest BCUT2D eigenvalue weighted by molar-refractivity contribution is 0.251. The first-order valence-electron chi connectivity index (χ1n) is 6.03. The SMILES string of the molecule is N#CC(C#N)=NNc1cccc(NC(=O)NC2CC2)c1. The third kappa shape index (κ3) is 4.00. The molecule has 20 heavy (non-hydrogen) atoms. The molecule has 0 saturated heterocycles. The number of carbonyl (C=O) groups excluding carboxylic acids is 1. The van der Waals surface area contributed by atoms with Gasteiger partial charge in [0.1, 0.15) is 12.1 Å². The van der Waals surface area contributed by atoms with Crippen LogP contribution in [0.15, 0.2) is 29.4 Å². The summed E-state index contributed by atoms with van der Waals surface area (Å²) < 4.78 is 0. The number of anilines is 2. The van der Waals surface area contributed by atoms with Crippen LogP contribution in [0.3, 0.4) is 0 Å². The number of hydrogen-bond donors (Lipinski definition) is 3. The molecule has 1 aliphatic rings. The van der Waals surface area contributed by atoms with E-state index in [-0.39, 0.29) is 17.8 Å². The van der Waals surface area contributed by atoms with Gasteiger partial charge in [0, 0.05) is 11.7 Å². The first kappa shape index (κ1) is 13.4. The lowest BCUT2D eigenvalue weighted by atomic mass is 10.3. The molecule has 0 unspecified atom stereocenters. The molecule has 0 heterocycles. The van der Waals surface area contributed by atoms with Crippen LogP contribution in [0.1, 0.15) is 12.8 Å². The van der Waals surface area contributed by atoms with Gasteiger partial charge in [-0.1, -0.05) is 6.07 Å². The van der Waals surface area contributed by atoms with Crippen molar-refractivity contribution in [1.29, 1.82) is 10.5 Å². The topological polar surface area (TPSA) is 113 Å². The van der Waals surface area contributed by atoms with Gasteiger partial charge in [0.2, 0.25) is 5.71 Å². The fourth-order valence-corrected chi connectivity index (χ4v) is 1.44. The smallest absolute Gasteiger partial charge is 0.319 e. The molecule has 0 radical (unpaired) electrons. The van der Waals surface area contributed by atoms with E-state index in [1.807, 2.05) is 0 Å². The zero-order valence-electron chi connectivity index (χ0n) is 10.6. The van der Waals surface area contributed by atoms with Crippen LogP contribution in [0.4, 0.5) is 16.2 Å². The average molecular weight is 268 g/mol. The summed E-state index contributed by atoms with van der Waals surface area (Å²) in [5, 5.41) is 26.3. The van der Waals surface area contributed by atoms with Crippen molar-refractivity contribution in [1.82, 2.24) is 5.32 Å². The van der Waals surface area contributed by atoms with E-state index >= 15 is 0 Å². The molecule has 1 fully saturated rings. The van der Waals surface area contributed by atoms with Crippen LogP contribution in [-0.2, 0) is 0 Å². The van der Waals surface area contributed by atoms with Crippen molar-refractivity contribution in [2.24, 2.45) is 5.10 Å². The molecule has 0 aliphatic heterocycles. The highest BCUT2D eigenvalue weighted by Gasteiger charge is 2.23. The first-order valence-corrected chi connectivity index (χ1v) is 6.03. The summed E-state index contributed by atoms with van der Waals surface area (Å²) in [6.07, 6.45) is 2.05. The van der Waals surface area contributed by atoms with Crippen LogP contribution in [0.5, 0.6) is 0 Å². The van der Waals surface area contributed by atoms with Gasteiger partial charge in [0.25, 0.3) is 0 Å². The molecule has 7 heteroatoms. The molecule has 7 nitrogen and oxygen atoms in total. The van der Waals surface area contributed by atoms with Gasteiger partial charge in [0.15, 0.2) is 0 Å². The Morgan fingerprint density at radius 1 is 1.25 bits per heavy atom. The van der Waals surface area contributed by atoms with E-state index in [1.165, 1.54) is 0 Å². The first-order chi connectivity index (χ1) is 9.71. The van der Waals surface area contributed by atoms with Crippen molar-refractivity contribution in [2.45, 2.75) is 18.9 Å². The van der Waals surface area contributed by atoms with Gasteiger partial charge in [-0.25, -0.2) is 4.79 Å². The Morgan fingerprint density at radius 2 is 1.95 bits per heavy atom. The minimum Gasteiger partial charge on any atom is -0.335 e. The van der Waals surface area contributed by atoms with Gasteiger partial charge in [-0.15, -0.1) is 0 Å². The van der Waals surface area contributed by atoms with Gasteiger partial charge in [-0.3, -0.25) is 5.43 Å². The van der Waals surface area contributed by atoms with Crippen LogP contribution >= 0.6 is 0 Å². The molecule has 0 bridgehead atoms. The summed E-state index contributed by atoms with van der Waals surface area (Å²) in [5.74, 6) is 0. The molecule has 100 valence electrons. The number of benzene rings is 1. The number of nitriles is 2. The number of nitrogens with zero attached hydrogens (tertiary/aromatic N) is 3. The number of hydrogen-bond acceptors (Lipinski definition) is 5. The second kappa shape index (κ2) is 6.21. The number of urea groups is 1. The van der Waals surface area contributed by atoms with Gasteiger partial charge in [0.05, 0.1) is 5.69 Å². The summed E-state index contributed by atoms with van der Waals surface area (Å²) in [7, 11) is 0. The second-order valence-electron chi connectivity index (χ2n) is 4.25. The number of carbonyl (C=O) groups is 1. The molecular formula is C13H12N6O. The third-order valence-corrected chi connectivity index (χ3v) is 2.54. The highest BCUT2D eigenvalue weighted by atomic mass is 16.2. The van der Waals surface area contributed by atoms with Gasteiger partial charge < -0.3 is 10.6 Å². The molecule has 1 aromatic rings. The number of rotatable bonds is 4. The molecule has 2 amide bonds. The average Bonchev–Trinajstić information content (AvgIpc) is 3.24. The van der Waals surface area contributed by atoms with Crippen molar-refractivity contribution >= 4 is 23.1 Å². The highest BCUT2D eigenvalue weighted by molar-refractivity contribution is 6.10. The van der Waals surface area contributed by atoms with E-state index in [9.17, 15) is 4.79 Å². The van der Waals surface area contributed by atoms with Gasteiger partial charge in [-0.2, -0.15) is 15.6 Å². The molecule has 1 aliphatic carbocycles. The minimum atomic E-state index is -0.269. The fraction of sp³-hybridized carbons (Fsp3) is 0.231. The second-order valence-corrected chi connectivity index (χ2v) is 4.25. The van der Waals surface area contributed by atoms with Gasteiger partial charge in [-0.05, 0) is 31.0 Å². The molecular weight excluding hydrogens is 256 g/mol. The third-order valence-electron chi connectivity index (χ3n) is 2.54. The van der Waals surface area contributed by atoms with Crippen molar-refractivity contribution < 1.29 is 4.79 Å². The zero-order valence-corrected chi connectivity index (χ0v) is 10.6. The van der Waals surface area contributed by atoms with Crippen LogP contribution in [-0.4, -0.2) is 17.8 Å². The Morgan fingerprint density at radius 3 is 2.60 bits per heavy atom. The van der Waals surface area contributed by atoms with E-state index in [1.54, 1.807) is 36.4 Å². The van der Waals surface area contributed by atoms with Crippen molar-refractivity contribution in [2.75, 3.05) is 10.7 Å². The minimum absolute atomic E-state index is 0.247. The molecule has 2 rings (SSSR count). The van der Waals surface area contributed by atoms with Crippen molar-refractivity contribution in [3.63, 3.8) is 0 Å². The lowest BCUT2D eigenvalue weighted by Crippen LogP contribution is -2.30. The van der Waals surface area contributed by atoms with Crippen molar-refractivity contribution in [3.05, 3.63) is 24.3 Å². The normalized spacial score (nSPS) is 12.5. The molecule has 0 atom stereocenters. The Labute approximate surface area is 115 Å². The molecule has 0 aromatic heterocycles. The summed E-state index contributed by atoms with van der Waals surface area (Å²) in [5.41, 5.74) is 3.48. The van der Waals surface area contributed by atoms with E-state index in [4.69, 9.17) is 10.5 Å². The van der Waals surface area contributed by atoms with Crippen LogP contribution in [0.25, 0.3) is 0 Å². The monoisotopic (exact) mass is 268 g/mol. The lowest BCUT2D eigenvalue weighted by Gasteiger charge is -2.08. The van der Waals surface area contributed by atoms with Gasteiger partial charge >= 0.3 is 6.03 Å². The largest absolute Gasteiger partial charge is 0.335 e. The highest BCUT2D eigenvalue weighted by Crippen LogP contribution is 2.19. The van der Waals surface area contributed by atoms with Crippen LogP contribution in [0.2, 0.25) is 0 Å². The predicted molar refractivity (Wildman–Crippen MR) is 73.9 cm³/mol. The maximum Gasteiger partial charge on any atom is 0.319 e. The number of hydrazone groups is 1. The van der Waals surface area contributed by atoms with Crippen LogP contribution < -0.4 is 16.1 Å². The van der Waals surface area contributed by atoms with E-state index < -0.39 is 0 Å². The van der Waals surface area contributed by atoms with E-state index in [0.29, 0.717) is 11.4 Å². The quantitative estimate of drug-likeness (QED) is 0.570. The Hall–Kier alpha value is -3.06. The Kier molecular flexibility index (Phi) is 4.15.